The van der Waals surface area contributed by atoms with E-state index in [0.717, 1.165) is 11.3 Å². The first-order valence-corrected chi connectivity index (χ1v) is 8.19. The Morgan fingerprint density at radius 3 is 2.81 bits per heavy atom. The van der Waals surface area contributed by atoms with E-state index < -0.39 is 10.0 Å². The van der Waals surface area contributed by atoms with Crippen molar-refractivity contribution in [3.63, 3.8) is 0 Å². The molecule has 2 rings (SSSR count). The van der Waals surface area contributed by atoms with E-state index in [1.54, 1.807) is 18.2 Å². The summed E-state index contributed by atoms with van der Waals surface area (Å²) in [6.07, 6.45) is 0.995. The van der Waals surface area contributed by atoms with Crippen LogP contribution < -0.4 is 15.4 Å². The quantitative estimate of drug-likeness (QED) is 0.703. The van der Waals surface area contributed by atoms with Gasteiger partial charge in [0.05, 0.1) is 5.75 Å². The highest BCUT2D eigenvalue weighted by Crippen LogP contribution is 2.23. The molecule has 0 fully saturated rings. The molecule has 21 heavy (non-hydrogen) atoms. The monoisotopic (exact) mass is 311 g/mol. The normalized spacial score (nSPS) is 14.2. The van der Waals surface area contributed by atoms with E-state index >= 15 is 0 Å². The number of carbonyl (C=O) groups is 2. The number of rotatable bonds is 5. The number of aryl methyl sites for hydroxylation is 1. The van der Waals surface area contributed by atoms with Crippen molar-refractivity contribution in [2.45, 2.75) is 12.8 Å². The predicted octanol–water partition coefficient (Wildman–Crippen LogP) is -0.150. The summed E-state index contributed by atoms with van der Waals surface area (Å²) in [5.74, 6) is -0.533. The SMILES string of the molecule is CNS(=O)(=O)CCNC(=O)c1ccc2c(c1)CCC(=O)N2. The lowest BCUT2D eigenvalue weighted by Gasteiger charge is -2.17. The molecule has 1 aliphatic heterocycles. The van der Waals surface area contributed by atoms with Crippen LogP contribution in [0.5, 0.6) is 0 Å². The Bertz CT molecular complexity index is 670. The van der Waals surface area contributed by atoms with Gasteiger partial charge in [0, 0.05) is 24.2 Å². The third-order valence-electron chi connectivity index (χ3n) is 3.23. The molecule has 0 saturated heterocycles. The molecule has 0 aliphatic carbocycles. The molecule has 0 bridgehead atoms. The summed E-state index contributed by atoms with van der Waals surface area (Å²) in [6, 6.07) is 5.01. The number of amides is 2. The van der Waals surface area contributed by atoms with Gasteiger partial charge in [-0.1, -0.05) is 0 Å². The molecule has 0 saturated carbocycles. The number of carbonyl (C=O) groups excluding carboxylic acids is 2. The van der Waals surface area contributed by atoms with Gasteiger partial charge in [-0.05, 0) is 37.2 Å². The summed E-state index contributed by atoms with van der Waals surface area (Å²) in [5, 5.41) is 5.30. The van der Waals surface area contributed by atoms with Crippen molar-refractivity contribution < 1.29 is 18.0 Å². The van der Waals surface area contributed by atoms with Gasteiger partial charge in [0.1, 0.15) is 0 Å². The maximum absolute atomic E-state index is 12.0. The summed E-state index contributed by atoms with van der Waals surface area (Å²) < 4.78 is 24.7. The summed E-state index contributed by atoms with van der Waals surface area (Å²) in [4.78, 5) is 23.2. The molecule has 8 heteroatoms. The number of fused-ring (bicyclic) bond motifs is 1. The number of anilines is 1. The van der Waals surface area contributed by atoms with E-state index in [9.17, 15) is 18.0 Å². The zero-order valence-electron chi connectivity index (χ0n) is 11.6. The lowest BCUT2D eigenvalue weighted by molar-refractivity contribution is -0.116. The number of hydrogen-bond donors (Lipinski definition) is 3. The Kier molecular flexibility index (Phi) is 4.59. The molecule has 114 valence electrons. The highest BCUT2D eigenvalue weighted by molar-refractivity contribution is 7.89. The third-order valence-corrected chi connectivity index (χ3v) is 4.59. The lowest BCUT2D eigenvalue weighted by Crippen LogP contribution is -2.33. The van der Waals surface area contributed by atoms with Crippen molar-refractivity contribution >= 4 is 27.5 Å². The molecule has 0 radical (unpaired) electrons. The van der Waals surface area contributed by atoms with Gasteiger partial charge in [0.25, 0.3) is 5.91 Å². The first kappa shape index (κ1) is 15.5. The molecule has 1 aliphatic rings. The standard InChI is InChI=1S/C13H17N3O4S/c1-14-21(19,20)7-6-15-13(18)10-2-4-11-9(8-10)3-5-12(17)16-11/h2,4,8,14H,3,5-7H2,1H3,(H,15,18)(H,16,17). The molecule has 7 nitrogen and oxygen atoms in total. The van der Waals surface area contributed by atoms with Crippen molar-refractivity contribution in [3.05, 3.63) is 29.3 Å². The first-order chi connectivity index (χ1) is 9.91. The second kappa shape index (κ2) is 6.23. The van der Waals surface area contributed by atoms with Crippen LogP contribution in [0.15, 0.2) is 18.2 Å². The van der Waals surface area contributed by atoms with Gasteiger partial charge in [-0.2, -0.15) is 0 Å². The van der Waals surface area contributed by atoms with Crippen LogP contribution in [0.1, 0.15) is 22.3 Å². The first-order valence-electron chi connectivity index (χ1n) is 6.53. The zero-order valence-corrected chi connectivity index (χ0v) is 12.4. The van der Waals surface area contributed by atoms with Crippen LogP contribution in [0.2, 0.25) is 0 Å². The summed E-state index contributed by atoms with van der Waals surface area (Å²) in [6.45, 7) is 0.0375. The van der Waals surface area contributed by atoms with Crippen molar-refractivity contribution in [1.29, 1.82) is 0 Å². The second-order valence-corrected chi connectivity index (χ2v) is 6.74. The van der Waals surface area contributed by atoms with Crippen molar-refractivity contribution in [2.75, 3.05) is 24.7 Å². The van der Waals surface area contributed by atoms with E-state index in [-0.39, 0.29) is 24.1 Å². The van der Waals surface area contributed by atoms with Gasteiger partial charge < -0.3 is 10.6 Å². The largest absolute Gasteiger partial charge is 0.351 e. The molecule has 3 N–H and O–H groups in total. The van der Waals surface area contributed by atoms with E-state index in [2.05, 4.69) is 15.4 Å². The summed E-state index contributed by atoms with van der Waals surface area (Å²) in [5.41, 5.74) is 2.08. The van der Waals surface area contributed by atoms with E-state index in [0.29, 0.717) is 18.4 Å². The Morgan fingerprint density at radius 1 is 1.33 bits per heavy atom. The predicted molar refractivity (Wildman–Crippen MR) is 78.6 cm³/mol. The van der Waals surface area contributed by atoms with Gasteiger partial charge in [0.2, 0.25) is 15.9 Å². The number of sulfonamides is 1. The maximum Gasteiger partial charge on any atom is 0.251 e. The van der Waals surface area contributed by atoms with Gasteiger partial charge in [-0.15, -0.1) is 0 Å². The number of hydrogen-bond acceptors (Lipinski definition) is 4. The van der Waals surface area contributed by atoms with Crippen LogP contribution in [0.25, 0.3) is 0 Å². The van der Waals surface area contributed by atoms with Crippen molar-refractivity contribution in [1.82, 2.24) is 10.0 Å². The Hall–Kier alpha value is -1.93. The van der Waals surface area contributed by atoms with E-state index in [1.165, 1.54) is 7.05 Å². The van der Waals surface area contributed by atoms with Crippen molar-refractivity contribution in [2.24, 2.45) is 0 Å². The number of nitrogens with one attached hydrogen (secondary N) is 3. The molecule has 2 amide bonds. The Morgan fingerprint density at radius 2 is 2.10 bits per heavy atom. The van der Waals surface area contributed by atoms with E-state index in [4.69, 9.17) is 0 Å². The van der Waals surface area contributed by atoms with Gasteiger partial charge >= 0.3 is 0 Å². The van der Waals surface area contributed by atoms with Crippen LogP contribution >= 0.6 is 0 Å². The minimum Gasteiger partial charge on any atom is -0.351 e. The molecule has 0 spiro atoms. The average molecular weight is 311 g/mol. The minimum absolute atomic E-state index is 0.0306. The van der Waals surface area contributed by atoms with Crippen molar-refractivity contribution in [3.8, 4) is 0 Å². The number of benzene rings is 1. The highest BCUT2D eigenvalue weighted by Gasteiger charge is 2.16. The Balaban J connectivity index is 1.99. The lowest BCUT2D eigenvalue weighted by atomic mass is 10.00. The highest BCUT2D eigenvalue weighted by atomic mass is 32.2. The molecule has 1 aromatic rings. The van der Waals surface area contributed by atoms with Crippen LogP contribution in [-0.4, -0.2) is 39.6 Å². The smallest absolute Gasteiger partial charge is 0.251 e. The molecule has 0 atom stereocenters. The zero-order chi connectivity index (χ0) is 15.5. The van der Waals surface area contributed by atoms with Crippen LogP contribution in [0.4, 0.5) is 5.69 Å². The fraction of sp³-hybridized carbons (Fsp3) is 0.385. The molecular weight excluding hydrogens is 294 g/mol. The molecule has 0 aromatic heterocycles. The molecule has 0 unspecified atom stereocenters. The summed E-state index contributed by atoms with van der Waals surface area (Å²) >= 11 is 0. The van der Waals surface area contributed by atoms with Gasteiger partial charge in [-0.25, -0.2) is 13.1 Å². The maximum atomic E-state index is 12.0. The fourth-order valence-electron chi connectivity index (χ4n) is 2.03. The Labute approximate surface area is 123 Å². The molecule has 1 aromatic carbocycles. The van der Waals surface area contributed by atoms with Gasteiger partial charge in [-0.3, -0.25) is 9.59 Å². The topological polar surface area (TPSA) is 104 Å². The average Bonchev–Trinajstić information content (AvgIpc) is 2.46. The molecular formula is C13H17N3O4S. The van der Waals surface area contributed by atoms with Crippen LogP contribution in [0.3, 0.4) is 0 Å². The van der Waals surface area contributed by atoms with Crippen LogP contribution in [0, 0.1) is 0 Å². The van der Waals surface area contributed by atoms with Gasteiger partial charge in [0.15, 0.2) is 0 Å². The fourth-order valence-corrected chi connectivity index (χ4v) is 2.60. The third kappa shape index (κ3) is 4.02. The van der Waals surface area contributed by atoms with Crippen LogP contribution in [-0.2, 0) is 21.2 Å². The van der Waals surface area contributed by atoms with E-state index in [1.807, 2.05) is 0 Å². The molecule has 1 heterocycles. The summed E-state index contributed by atoms with van der Waals surface area (Å²) in [7, 11) is -2.00. The minimum atomic E-state index is -3.33. The second-order valence-electron chi connectivity index (χ2n) is 4.70.